The van der Waals surface area contributed by atoms with E-state index in [2.05, 4.69) is 40.8 Å². The maximum atomic E-state index is 6.27. The fourth-order valence-electron chi connectivity index (χ4n) is 2.45. The van der Waals surface area contributed by atoms with E-state index in [0.717, 1.165) is 29.4 Å². The molecule has 1 aliphatic rings. The van der Waals surface area contributed by atoms with E-state index in [1.807, 2.05) is 0 Å². The molecule has 3 rings (SSSR count). The number of nitrogen functional groups attached to an aromatic ring is 1. The molecule has 1 aliphatic carbocycles. The lowest BCUT2D eigenvalue weighted by molar-refractivity contribution is 0.673. The van der Waals surface area contributed by atoms with Gasteiger partial charge in [0.25, 0.3) is 0 Å². The van der Waals surface area contributed by atoms with E-state index in [1.54, 1.807) is 0 Å². The third kappa shape index (κ3) is 1.49. The molecular formula is C13H13IN2. The van der Waals surface area contributed by atoms with Crippen molar-refractivity contribution in [1.82, 2.24) is 4.98 Å². The number of aryl methyl sites for hydroxylation is 1. The van der Waals surface area contributed by atoms with Gasteiger partial charge in [-0.3, -0.25) is 4.98 Å². The van der Waals surface area contributed by atoms with Crippen molar-refractivity contribution in [3.63, 3.8) is 0 Å². The second-order valence-corrected chi connectivity index (χ2v) is 5.46. The van der Waals surface area contributed by atoms with E-state index in [1.165, 1.54) is 27.7 Å². The Hall–Kier alpha value is -0.840. The van der Waals surface area contributed by atoms with E-state index in [-0.39, 0.29) is 0 Å². The molecule has 0 saturated heterocycles. The number of hydrogen-bond acceptors (Lipinski definition) is 2. The van der Waals surface area contributed by atoms with Gasteiger partial charge in [0, 0.05) is 20.3 Å². The first-order chi connectivity index (χ1) is 7.77. The van der Waals surface area contributed by atoms with Gasteiger partial charge in [-0.1, -0.05) is 12.1 Å². The van der Waals surface area contributed by atoms with Gasteiger partial charge in [-0.15, -0.1) is 0 Å². The van der Waals surface area contributed by atoms with Gasteiger partial charge < -0.3 is 5.73 Å². The predicted octanol–water partition coefficient (Wildman–Crippen LogP) is 3.30. The number of anilines is 1. The van der Waals surface area contributed by atoms with Crippen LogP contribution in [0.1, 0.15) is 24.1 Å². The Balaban J connectivity index is 2.39. The van der Waals surface area contributed by atoms with Gasteiger partial charge in [0.1, 0.15) is 0 Å². The van der Waals surface area contributed by atoms with Gasteiger partial charge in [0.15, 0.2) is 0 Å². The third-order valence-electron chi connectivity index (χ3n) is 3.29. The summed E-state index contributed by atoms with van der Waals surface area (Å²) < 4.78 is 1.19. The molecule has 0 radical (unpaired) electrons. The minimum atomic E-state index is 0.957. The van der Waals surface area contributed by atoms with Crippen LogP contribution < -0.4 is 5.73 Å². The highest BCUT2D eigenvalue weighted by Gasteiger charge is 2.16. The average molecular weight is 324 g/mol. The monoisotopic (exact) mass is 324 g/mol. The lowest BCUT2D eigenvalue weighted by atomic mass is 9.93. The zero-order valence-electron chi connectivity index (χ0n) is 8.96. The minimum Gasteiger partial charge on any atom is -0.398 e. The first-order valence-corrected chi connectivity index (χ1v) is 6.70. The van der Waals surface area contributed by atoms with Crippen LogP contribution in [-0.2, 0) is 12.8 Å². The van der Waals surface area contributed by atoms with Crippen molar-refractivity contribution < 1.29 is 0 Å². The lowest BCUT2D eigenvalue weighted by Gasteiger charge is -2.18. The molecular weight excluding hydrogens is 311 g/mol. The zero-order valence-corrected chi connectivity index (χ0v) is 11.1. The van der Waals surface area contributed by atoms with E-state index in [9.17, 15) is 0 Å². The Labute approximate surface area is 108 Å². The Bertz CT molecular complexity index is 563. The van der Waals surface area contributed by atoms with Crippen LogP contribution in [0.3, 0.4) is 0 Å². The van der Waals surface area contributed by atoms with Gasteiger partial charge in [0.05, 0.1) is 5.52 Å². The van der Waals surface area contributed by atoms with Crippen molar-refractivity contribution in [2.45, 2.75) is 25.7 Å². The maximum Gasteiger partial charge on any atom is 0.0859 e. The minimum absolute atomic E-state index is 0.957. The number of rotatable bonds is 0. The number of nitrogens with two attached hydrogens (primary N) is 1. The maximum absolute atomic E-state index is 6.27. The van der Waals surface area contributed by atoms with E-state index < -0.39 is 0 Å². The lowest BCUT2D eigenvalue weighted by Crippen LogP contribution is -2.09. The normalized spacial score (nSPS) is 15.1. The van der Waals surface area contributed by atoms with Crippen molar-refractivity contribution in [3.05, 3.63) is 33.0 Å². The van der Waals surface area contributed by atoms with Crippen LogP contribution in [-0.4, -0.2) is 4.98 Å². The summed E-state index contributed by atoms with van der Waals surface area (Å²) >= 11 is 2.33. The quantitative estimate of drug-likeness (QED) is 0.755. The number of hydrogen-bond donors (Lipinski definition) is 1. The molecule has 16 heavy (non-hydrogen) atoms. The molecule has 1 aromatic carbocycles. The summed E-state index contributed by atoms with van der Waals surface area (Å²) in [5.41, 5.74) is 10.8. The molecule has 0 amide bonds. The molecule has 2 nitrogen and oxygen atoms in total. The summed E-state index contributed by atoms with van der Waals surface area (Å²) in [6, 6.07) is 6.22. The SMILES string of the molecule is Nc1c2c(nc3c(I)cccc13)CCCC2. The number of nitrogens with zero attached hydrogens (tertiary/aromatic N) is 1. The van der Waals surface area contributed by atoms with Gasteiger partial charge >= 0.3 is 0 Å². The number of halogens is 1. The Morgan fingerprint density at radius 3 is 2.88 bits per heavy atom. The largest absolute Gasteiger partial charge is 0.398 e. The van der Waals surface area contributed by atoms with E-state index in [0.29, 0.717) is 0 Å². The molecule has 0 fully saturated rings. The molecule has 1 heterocycles. The van der Waals surface area contributed by atoms with Crippen molar-refractivity contribution in [1.29, 1.82) is 0 Å². The van der Waals surface area contributed by atoms with Gasteiger partial charge in [0.2, 0.25) is 0 Å². The highest BCUT2D eigenvalue weighted by Crippen LogP contribution is 2.32. The summed E-state index contributed by atoms with van der Waals surface area (Å²) in [5.74, 6) is 0. The van der Waals surface area contributed by atoms with Crippen LogP contribution in [0.5, 0.6) is 0 Å². The average Bonchev–Trinajstić information content (AvgIpc) is 2.31. The first-order valence-electron chi connectivity index (χ1n) is 5.63. The predicted molar refractivity (Wildman–Crippen MR) is 75.5 cm³/mol. The standard InChI is InChI=1S/C13H13IN2/c14-10-6-3-5-9-12(15)8-4-1-2-7-11(8)16-13(9)10/h3,5-6H,1-2,4,7H2,(H2,15,16). The second-order valence-electron chi connectivity index (χ2n) is 4.29. The summed E-state index contributed by atoms with van der Waals surface area (Å²) in [7, 11) is 0. The number of pyridine rings is 1. The van der Waals surface area contributed by atoms with Crippen LogP contribution >= 0.6 is 22.6 Å². The molecule has 0 unspecified atom stereocenters. The van der Waals surface area contributed by atoms with Crippen molar-refractivity contribution in [3.8, 4) is 0 Å². The summed E-state index contributed by atoms with van der Waals surface area (Å²) in [5, 5.41) is 1.12. The molecule has 0 bridgehead atoms. The van der Waals surface area contributed by atoms with Crippen molar-refractivity contribution in [2.24, 2.45) is 0 Å². The summed E-state index contributed by atoms with van der Waals surface area (Å²) in [4.78, 5) is 4.79. The highest BCUT2D eigenvalue weighted by atomic mass is 127. The molecule has 1 aromatic heterocycles. The van der Waals surface area contributed by atoms with Gasteiger partial charge in [-0.05, 0) is 59.9 Å². The van der Waals surface area contributed by atoms with Gasteiger partial charge in [-0.2, -0.15) is 0 Å². The second kappa shape index (κ2) is 3.87. The smallest absolute Gasteiger partial charge is 0.0859 e. The number of aromatic nitrogens is 1. The van der Waals surface area contributed by atoms with Crippen LogP contribution in [0.25, 0.3) is 10.9 Å². The number of benzene rings is 1. The summed E-state index contributed by atoms with van der Waals surface area (Å²) in [6.45, 7) is 0. The fraction of sp³-hybridized carbons (Fsp3) is 0.308. The third-order valence-corrected chi connectivity index (χ3v) is 4.16. The number of para-hydroxylation sites is 1. The van der Waals surface area contributed by atoms with Gasteiger partial charge in [-0.25, -0.2) is 0 Å². The molecule has 2 aromatic rings. The molecule has 0 spiro atoms. The van der Waals surface area contributed by atoms with Crippen LogP contribution in [0, 0.1) is 3.57 Å². The summed E-state index contributed by atoms with van der Waals surface area (Å²) in [6.07, 6.45) is 4.67. The molecule has 0 atom stereocenters. The molecule has 2 N–H and O–H groups in total. The Morgan fingerprint density at radius 1 is 1.19 bits per heavy atom. The van der Waals surface area contributed by atoms with Crippen LogP contribution in [0.15, 0.2) is 18.2 Å². The zero-order chi connectivity index (χ0) is 11.1. The van der Waals surface area contributed by atoms with Crippen molar-refractivity contribution >= 4 is 39.2 Å². The van der Waals surface area contributed by atoms with Crippen LogP contribution in [0.2, 0.25) is 0 Å². The molecule has 82 valence electrons. The van der Waals surface area contributed by atoms with E-state index in [4.69, 9.17) is 10.7 Å². The van der Waals surface area contributed by atoms with Crippen molar-refractivity contribution in [2.75, 3.05) is 5.73 Å². The fourth-order valence-corrected chi connectivity index (χ4v) is 3.07. The highest BCUT2D eigenvalue weighted by molar-refractivity contribution is 14.1. The Morgan fingerprint density at radius 2 is 2.00 bits per heavy atom. The topological polar surface area (TPSA) is 38.9 Å². The molecule has 0 saturated carbocycles. The Kier molecular flexibility index (Phi) is 2.50. The number of fused-ring (bicyclic) bond motifs is 2. The van der Waals surface area contributed by atoms with Crippen LogP contribution in [0.4, 0.5) is 5.69 Å². The van der Waals surface area contributed by atoms with E-state index >= 15 is 0 Å². The molecule has 0 aliphatic heterocycles. The molecule has 3 heteroatoms. The first kappa shape index (κ1) is 10.3.